The molecular weight excluding hydrogens is 382 g/mol. The number of nitrogens with zero attached hydrogens (tertiary/aromatic N) is 6. The van der Waals surface area contributed by atoms with Crippen LogP contribution < -0.4 is 10.2 Å². The summed E-state index contributed by atoms with van der Waals surface area (Å²) in [5.74, 6) is 1.73. The molecule has 3 heterocycles. The summed E-state index contributed by atoms with van der Waals surface area (Å²) in [5, 5.41) is 3.49. The monoisotopic (exact) mass is 417 g/mol. The molecule has 30 heavy (non-hydrogen) atoms. The lowest BCUT2D eigenvalue weighted by Crippen LogP contribution is -2.48. The van der Waals surface area contributed by atoms with Crippen molar-refractivity contribution < 1.29 is 9.53 Å². The Morgan fingerprint density at radius 1 is 1.17 bits per heavy atom. The van der Waals surface area contributed by atoms with E-state index in [1.54, 1.807) is 12.4 Å². The minimum atomic E-state index is -0.0565. The Balaban J connectivity index is 1.31. The number of hydrogen-bond donors (Lipinski definition) is 1. The molecule has 0 saturated carbocycles. The van der Waals surface area contributed by atoms with E-state index in [1.807, 2.05) is 20.0 Å². The summed E-state index contributed by atoms with van der Waals surface area (Å²) >= 11 is 0. The van der Waals surface area contributed by atoms with E-state index in [2.05, 4.69) is 35.0 Å². The van der Waals surface area contributed by atoms with Gasteiger partial charge in [-0.3, -0.25) is 14.7 Å². The summed E-state index contributed by atoms with van der Waals surface area (Å²) in [6.45, 7) is 9.96. The number of piperazine rings is 1. The SMILES string of the molecule is CCOC(=O)C1CCN(C(=NC)NCCCN2CCN(c3ncccn3)CC2)CC1. The minimum Gasteiger partial charge on any atom is -0.466 e. The molecule has 1 aromatic heterocycles. The predicted molar refractivity (Wildman–Crippen MR) is 118 cm³/mol. The Bertz CT molecular complexity index is 669. The molecule has 0 amide bonds. The molecule has 0 radical (unpaired) electrons. The van der Waals surface area contributed by atoms with E-state index in [1.165, 1.54) is 0 Å². The number of anilines is 1. The van der Waals surface area contributed by atoms with Gasteiger partial charge >= 0.3 is 5.97 Å². The van der Waals surface area contributed by atoms with E-state index in [-0.39, 0.29) is 11.9 Å². The van der Waals surface area contributed by atoms with Crippen LogP contribution in [-0.2, 0) is 9.53 Å². The van der Waals surface area contributed by atoms with Crippen LogP contribution in [0.4, 0.5) is 5.95 Å². The van der Waals surface area contributed by atoms with Crippen LogP contribution in [0.15, 0.2) is 23.5 Å². The van der Waals surface area contributed by atoms with Gasteiger partial charge in [0, 0.05) is 65.3 Å². The van der Waals surface area contributed by atoms with Gasteiger partial charge in [-0.15, -0.1) is 0 Å². The standard InChI is InChI=1S/C21H35N7O2/c1-3-30-19(29)18-6-12-27(13-7-18)20(22-2)23-10-5-11-26-14-16-28(17-15-26)21-24-8-4-9-25-21/h4,8-9,18H,3,5-7,10-17H2,1-2H3,(H,22,23). The molecule has 2 fully saturated rings. The summed E-state index contributed by atoms with van der Waals surface area (Å²) in [5.41, 5.74) is 0. The molecule has 9 heteroatoms. The van der Waals surface area contributed by atoms with Gasteiger partial charge in [-0.1, -0.05) is 0 Å². The molecule has 166 valence electrons. The average Bonchev–Trinajstić information content (AvgIpc) is 2.80. The number of guanidine groups is 1. The quantitative estimate of drug-likeness (QED) is 0.302. The summed E-state index contributed by atoms with van der Waals surface area (Å²) in [4.78, 5) is 32.0. The number of aromatic nitrogens is 2. The number of rotatable bonds is 7. The average molecular weight is 418 g/mol. The van der Waals surface area contributed by atoms with Crippen LogP contribution in [-0.4, -0.2) is 97.7 Å². The van der Waals surface area contributed by atoms with E-state index in [0.717, 1.165) is 83.5 Å². The summed E-state index contributed by atoms with van der Waals surface area (Å²) < 4.78 is 5.15. The Morgan fingerprint density at radius 3 is 2.50 bits per heavy atom. The first-order valence-electron chi connectivity index (χ1n) is 11.1. The normalized spacial score (nSPS) is 19.1. The summed E-state index contributed by atoms with van der Waals surface area (Å²) in [6, 6.07) is 1.85. The van der Waals surface area contributed by atoms with Gasteiger partial charge in [0.05, 0.1) is 12.5 Å². The lowest BCUT2D eigenvalue weighted by Gasteiger charge is -2.35. The molecule has 0 unspecified atom stereocenters. The highest BCUT2D eigenvalue weighted by Crippen LogP contribution is 2.18. The molecule has 2 saturated heterocycles. The highest BCUT2D eigenvalue weighted by Gasteiger charge is 2.27. The second kappa shape index (κ2) is 11.7. The maximum absolute atomic E-state index is 11.9. The highest BCUT2D eigenvalue weighted by molar-refractivity contribution is 5.80. The maximum Gasteiger partial charge on any atom is 0.309 e. The maximum atomic E-state index is 11.9. The number of carbonyl (C=O) groups excluding carboxylic acids is 1. The predicted octanol–water partition coefficient (Wildman–Crippen LogP) is 0.839. The van der Waals surface area contributed by atoms with Crippen molar-refractivity contribution >= 4 is 17.9 Å². The van der Waals surface area contributed by atoms with Gasteiger partial charge in [0.1, 0.15) is 0 Å². The zero-order chi connectivity index (χ0) is 21.2. The van der Waals surface area contributed by atoms with Crippen molar-refractivity contribution in [1.29, 1.82) is 0 Å². The smallest absolute Gasteiger partial charge is 0.309 e. The Hall–Kier alpha value is -2.42. The topological polar surface area (TPSA) is 86.2 Å². The van der Waals surface area contributed by atoms with E-state index in [0.29, 0.717) is 6.61 Å². The molecule has 0 spiro atoms. The first kappa shape index (κ1) is 22.3. The number of esters is 1. The number of aliphatic imine (C=N–C) groups is 1. The van der Waals surface area contributed by atoms with Gasteiger partial charge in [-0.2, -0.15) is 0 Å². The zero-order valence-electron chi connectivity index (χ0n) is 18.3. The number of carbonyl (C=O) groups is 1. The zero-order valence-corrected chi connectivity index (χ0v) is 18.3. The van der Waals surface area contributed by atoms with E-state index in [4.69, 9.17) is 4.74 Å². The Kier molecular flexibility index (Phi) is 8.67. The number of piperidine rings is 1. The van der Waals surface area contributed by atoms with Crippen molar-refractivity contribution in [3.05, 3.63) is 18.5 Å². The van der Waals surface area contributed by atoms with Crippen LogP contribution in [0.25, 0.3) is 0 Å². The molecule has 3 rings (SSSR count). The molecule has 2 aliphatic rings. The number of likely N-dealkylation sites (tertiary alicyclic amines) is 1. The van der Waals surface area contributed by atoms with Crippen molar-refractivity contribution in [3.8, 4) is 0 Å². The van der Waals surface area contributed by atoms with Crippen LogP contribution in [0.1, 0.15) is 26.2 Å². The van der Waals surface area contributed by atoms with Gasteiger partial charge in [-0.25, -0.2) is 9.97 Å². The lowest BCUT2D eigenvalue weighted by molar-refractivity contribution is -0.149. The van der Waals surface area contributed by atoms with Crippen molar-refractivity contribution in [1.82, 2.24) is 25.1 Å². The molecule has 0 aliphatic carbocycles. The van der Waals surface area contributed by atoms with Gasteiger partial charge in [0.2, 0.25) is 5.95 Å². The molecule has 0 atom stereocenters. The number of nitrogens with one attached hydrogen (secondary N) is 1. The van der Waals surface area contributed by atoms with Gasteiger partial charge in [0.15, 0.2) is 5.96 Å². The van der Waals surface area contributed by atoms with Crippen LogP contribution >= 0.6 is 0 Å². The first-order valence-corrected chi connectivity index (χ1v) is 11.1. The molecular formula is C21H35N7O2. The fourth-order valence-corrected chi connectivity index (χ4v) is 4.05. The fourth-order valence-electron chi connectivity index (χ4n) is 4.05. The fraction of sp³-hybridized carbons (Fsp3) is 0.714. The summed E-state index contributed by atoms with van der Waals surface area (Å²) in [6.07, 6.45) is 6.32. The number of hydrogen-bond acceptors (Lipinski definition) is 7. The van der Waals surface area contributed by atoms with Crippen molar-refractivity contribution in [2.45, 2.75) is 26.2 Å². The molecule has 0 aromatic carbocycles. The van der Waals surface area contributed by atoms with Crippen molar-refractivity contribution in [3.63, 3.8) is 0 Å². The van der Waals surface area contributed by atoms with Crippen LogP contribution in [0.3, 0.4) is 0 Å². The molecule has 1 N–H and O–H groups in total. The van der Waals surface area contributed by atoms with E-state index >= 15 is 0 Å². The minimum absolute atomic E-state index is 0.0271. The van der Waals surface area contributed by atoms with Crippen LogP contribution in [0.2, 0.25) is 0 Å². The third-order valence-electron chi connectivity index (χ3n) is 5.77. The van der Waals surface area contributed by atoms with Gasteiger partial charge in [0.25, 0.3) is 0 Å². The van der Waals surface area contributed by atoms with Crippen LogP contribution in [0.5, 0.6) is 0 Å². The third-order valence-corrected chi connectivity index (χ3v) is 5.77. The van der Waals surface area contributed by atoms with Gasteiger partial charge in [-0.05, 0) is 38.8 Å². The molecule has 0 bridgehead atoms. The highest BCUT2D eigenvalue weighted by atomic mass is 16.5. The van der Waals surface area contributed by atoms with E-state index in [9.17, 15) is 4.79 Å². The Morgan fingerprint density at radius 2 is 1.87 bits per heavy atom. The van der Waals surface area contributed by atoms with E-state index < -0.39 is 0 Å². The Labute approximate surface area is 179 Å². The summed E-state index contributed by atoms with van der Waals surface area (Å²) in [7, 11) is 1.82. The first-order chi connectivity index (χ1) is 14.7. The second-order valence-corrected chi connectivity index (χ2v) is 7.72. The van der Waals surface area contributed by atoms with Gasteiger partial charge < -0.3 is 19.9 Å². The molecule has 9 nitrogen and oxygen atoms in total. The third kappa shape index (κ3) is 6.29. The second-order valence-electron chi connectivity index (χ2n) is 7.72. The molecule has 2 aliphatic heterocycles. The molecule has 1 aromatic rings. The largest absolute Gasteiger partial charge is 0.466 e. The lowest BCUT2D eigenvalue weighted by atomic mass is 9.97. The van der Waals surface area contributed by atoms with Crippen molar-refractivity contribution in [2.24, 2.45) is 10.9 Å². The number of ether oxygens (including phenoxy) is 1. The van der Waals surface area contributed by atoms with Crippen molar-refractivity contribution in [2.75, 3.05) is 70.9 Å². The van der Waals surface area contributed by atoms with Crippen LogP contribution in [0, 0.1) is 5.92 Å².